The summed E-state index contributed by atoms with van der Waals surface area (Å²) in [7, 11) is 1.51. The van der Waals surface area contributed by atoms with Crippen molar-refractivity contribution in [3.8, 4) is 0 Å². The van der Waals surface area contributed by atoms with Crippen LogP contribution in [-0.4, -0.2) is 31.2 Å². The van der Waals surface area contributed by atoms with Crippen LogP contribution in [0.25, 0.3) is 0 Å². The number of halogens is 1. The van der Waals surface area contributed by atoms with Crippen molar-refractivity contribution in [2.45, 2.75) is 38.8 Å². The highest BCUT2D eigenvalue weighted by Gasteiger charge is 2.16. The number of nitrogens with zero attached hydrogens (tertiary/aromatic N) is 2. The van der Waals surface area contributed by atoms with Gasteiger partial charge in [-0.2, -0.15) is 0 Å². The summed E-state index contributed by atoms with van der Waals surface area (Å²) in [4.78, 5) is 4.00. The molecule has 1 heterocycles. The zero-order chi connectivity index (χ0) is 13.8. The van der Waals surface area contributed by atoms with E-state index in [1.54, 1.807) is 4.57 Å². The molecule has 0 radical (unpaired) electrons. The van der Waals surface area contributed by atoms with E-state index in [1.165, 1.54) is 6.20 Å². The molecule has 1 aromatic heterocycles. The number of aryl methyl sites for hydroxylation is 1. The summed E-state index contributed by atoms with van der Waals surface area (Å²) in [5.41, 5.74) is 0. The van der Waals surface area contributed by atoms with Crippen LogP contribution in [0.2, 0.25) is 0 Å². The first-order valence-corrected chi connectivity index (χ1v) is 8.24. The third kappa shape index (κ3) is 4.59. The predicted octanol–water partition coefficient (Wildman–Crippen LogP) is 2.05. The number of ether oxygens (including phenoxy) is 1. The maximum Gasteiger partial charge on any atom is 0.280 e. The molecule has 104 valence electrons. The molecule has 0 spiro atoms. The molecule has 1 rings (SSSR count). The van der Waals surface area contributed by atoms with Gasteiger partial charge in [-0.25, -0.2) is 13.4 Å². The molecule has 0 fully saturated rings. The Hall–Kier alpha value is -0.590. The van der Waals surface area contributed by atoms with Gasteiger partial charge < -0.3 is 9.30 Å². The van der Waals surface area contributed by atoms with Gasteiger partial charge in [0, 0.05) is 36.5 Å². The van der Waals surface area contributed by atoms with E-state index in [0.29, 0.717) is 37.9 Å². The van der Waals surface area contributed by atoms with Gasteiger partial charge in [0.2, 0.25) is 0 Å². The highest BCUT2D eigenvalue weighted by Crippen LogP contribution is 2.14. The fourth-order valence-electron chi connectivity index (χ4n) is 1.50. The van der Waals surface area contributed by atoms with Gasteiger partial charge in [-0.05, 0) is 5.92 Å². The molecule has 0 saturated heterocycles. The van der Waals surface area contributed by atoms with Gasteiger partial charge >= 0.3 is 0 Å². The van der Waals surface area contributed by atoms with E-state index >= 15 is 0 Å². The molecule has 5 nitrogen and oxygen atoms in total. The minimum absolute atomic E-state index is 0.0927. The third-order valence-electron chi connectivity index (χ3n) is 2.33. The van der Waals surface area contributed by atoms with Crippen molar-refractivity contribution < 1.29 is 13.2 Å². The minimum atomic E-state index is -3.76. The Morgan fingerprint density at radius 3 is 2.67 bits per heavy atom. The van der Waals surface area contributed by atoms with Crippen LogP contribution in [0.15, 0.2) is 11.2 Å². The molecule has 0 atom stereocenters. The Morgan fingerprint density at radius 2 is 2.17 bits per heavy atom. The van der Waals surface area contributed by atoms with Gasteiger partial charge in [-0.15, -0.1) is 0 Å². The van der Waals surface area contributed by atoms with Crippen LogP contribution in [0.4, 0.5) is 0 Å². The Morgan fingerprint density at radius 1 is 1.50 bits per heavy atom. The lowest BCUT2D eigenvalue weighted by Gasteiger charge is -2.08. The monoisotopic (exact) mass is 294 g/mol. The maximum atomic E-state index is 11.2. The van der Waals surface area contributed by atoms with E-state index in [9.17, 15) is 8.42 Å². The van der Waals surface area contributed by atoms with Gasteiger partial charge in [0.1, 0.15) is 5.82 Å². The summed E-state index contributed by atoms with van der Waals surface area (Å²) < 4.78 is 29.6. The summed E-state index contributed by atoms with van der Waals surface area (Å²) in [6, 6.07) is 0. The van der Waals surface area contributed by atoms with E-state index in [2.05, 4.69) is 18.8 Å². The van der Waals surface area contributed by atoms with E-state index in [1.807, 2.05) is 6.92 Å². The maximum absolute atomic E-state index is 11.2. The number of imidazole rings is 1. The van der Waals surface area contributed by atoms with Crippen LogP contribution in [0.5, 0.6) is 0 Å². The zero-order valence-corrected chi connectivity index (χ0v) is 12.5. The van der Waals surface area contributed by atoms with Crippen molar-refractivity contribution in [3.05, 3.63) is 12.0 Å². The second-order valence-corrected chi connectivity index (χ2v) is 6.96. The topological polar surface area (TPSA) is 61.2 Å². The van der Waals surface area contributed by atoms with Crippen molar-refractivity contribution in [2.24, 2.45) is 5.92 Å². The molecule has 18 heavy (non-hydrogen) atoms. The number of rotatable bonds is 7. The number of hydrogen-bond acceptors (Lipinski definition) is 4. The van der Waals surface area contributed by atoms with Crippen LogP contribution in [0.3, 0.4) is 0 Å². The molecule has 0 aliphatic rings. The van der Waals surface area contributed by atoms with Gasteiger partial charge in [-0.1, -0.05) is 20.8 Å². The largest absolute Gasteiger partial charge is 0.379 e. The summed E-state index contributed by atoms with van der Waals surface area (Å²) in [6.07, 6.45) is 2.11. The lowest BCUT2D eigenvalue weighted by molar-refractivity contribution is 0.102. The van der Waals surface area contributed by atoms with E-state index in [4.69, 9.17) is 15.4 Å². The molecular formula is C11H19ClN2O3S. The van der Waals surface area contributed by atoms with Crippen LogP contribution < -0.4 is 0 Å². The second-order valence-electron chi connectivity index (χ2n) is 4.45. The third-order valence-corrected chi connectivity index (χ3v) is 3.50. The second kappa shape index (κ2) is 6.54. The van der Waals surface area contributed by atoms with Crippen LogP contribution >= 0.6 is 10.7 Å². The SMILES string of the molecule is CCc1nc(S(=O)(=O)Cl)cn1CCOCC(C)C. The summed E-state index contributed by atoms with van der Waals surface area (Å²) in [5.74, 6) is 1.18. The first-order chi connectivity index (χ1) is 8.34. The van der Waals surface area contributed by atoms with Gasteiger partial charge in [0.25, 0.3) is 9.05 Å². The highest BCUT2D eigenvalue weighted by atomic mass is 35.7. The molecule has 0 aliphatic heterocycles. The molecule has 0 unspecified atom stereocenters. The fourth-order valence-corrected chi connectivity index (χ4v) is 2.19. The quantitative estimate of drug-likeness (QED) is 0.570. The Bertz CT molecular complexity index is 482. The molecule has 1 aromatic rings. The first kappa shape index (κ1) is 15.5. The number of aromatic nitrogens is 2. The smallest absolute Gasteiger partial charge is 0.280 e. The zero-order valence-electron chi connectivity index (χ0n) is 10.9. The lowest BCUT2D eigenvalue weighted by atomic mass is 10.2. The average molecular weight is 295 g/mol. The Kier molecular flexibility index (Phi) is 5.62. The van der Waals surface area contributed by atoms with Crippen LogP contribution in [0.1, 0.15) is 26.6 Å². The molecule has 0 N–H and O–H groups in total. The summed E-state index contributed by atoms with van der Waals surface area (Å²) in [6.45, 7) is 7.87. The molecule has 0 aromatic carbocycles. The van der Waals surface area contributed by atoms with Gasteiger partial charge in [0.15, 0.2) is 5.03 Å². The predicted molar refractivity (Wildman–Crippen MR) is 70.3 cm³/mol. The Balaban J connectivity index is 2.67. The molecular weight excluding hydrogens is 276 g/mol. The highest BCUT2D eigenvalue weighted by molar-refractivity contribution is 8.13. The van der Waals surface area contributed by atoms with Crippen molar-refractivity contribution in [1.82, 2.24) is 9.55 Å². The van der Waals surface area contributed by atoms with Crippen molar-refractivity contribution in [2.75, 3.05) is 13.2 Å². The van der Waals surface area contributed by atoms with E-state index in [0.717, 1.165) is 0 Å². The van der Waals surface area contributed by atoms with Gasteiger partial charge in [0.05, 0.1) is 6.61 Å². The van der Waals surface area contributed by atoms with E-state index in [-0.39, 0.29) is 5.03 Å². The molecule has 7 heteroatoms. The standard InChI is InChI=1S/C11H19ClN2O3S/c1-4-10-13-11(18(12,15)16)7-14(10)5-6-17-8-9(2)3/h7,9H,4-6,8H2,1-3H3. The average Bonchev–Trinajstić information content (AvgIpc) is 2.67. The van der Waals surface area contributed by atoms with Crippen molar-refractivity contribution in [1.29, 1.82) is 0 Å². The summed E-state index contributed by atoms with van der Waals surface area (Å²) in [5, 5.41) is -0.0927. The molecule has 0 bridgehead atoms. The fraction of sp³-hybridized carbons (Fsp3) is 0.727. The first-order valence-electron chi connectivity index (χ1n) is 5.93. The molecule has 0 aliphatic carbocycles. The van der Waals surface area contributed by atoms with E-state index < -0.39 is 9.05 Å². The van der Waals surface area contributed by atoms with Crippen LogP contribution in [-0.2, 0) is 26.8 Å². The van der Waals surface area contributed by atoms with Gasteiger partial charge in [-0.3, -0.25) is 0 Å². The normalized spacial score (nSPS) is 12.3. The van der Waals surface area contributed by atoms with Crippen molar-refractivity contribution >= 4 is 19.7 Å². The molecule has 0 amide bonds. The van der Waals surface area contributed by atoms with Crippen LogP contribution in [0, 0.1) is 5.92 Å². The summed E-state index contributed by atoms with van der Waals surface area (Å²) >= 11 is 0. The minimum Gasteiger partial charge on any atom is -0.379 e. The number of hydrogen-bond donors (Lipinski definition) is 0. The Labute approximate surface area is 113 Å². The molecule has 0 saturated carbocycles. The van der Waals surface area contributed by atoms with Crippen molar-refractivity contribution in [3.63, 3.8) is 0 Å². The lowest BCUT2D eigenvalue weighted by Crippen LogP contribution is -2.10.